The summed E-state index contributed by atoms with van der Waals surface area (Å²) in [6.45, 7) is 8.18. The summed E-state index contributed by atoms with van der Waals surface area (Å²) in [6, 6.07) is 0. The number of carbonyl (C=O) groups is 1. The molecule has 2 saturated heterocycles. The van der Waals surface area contributed by atoms with Gasteiger partial charge in [-0.05, 0) is 11.8 Å². The smallest absolute Gasteiger partial charge is 0.228 e. The molecule has 0 aromatic rings. The number of nitrogens with one attached hydrogen (secondary N) is 1. The minimum Gasteiger partial charge on any atom is -0.342 e. The van der Waals surface area contributed by atoms with Crippen LogP contribution in [0.2, 0.25) is 0 Å². The molecule has 2 rings (SSSR count). The summed E-state index contributed by atoms with van der Waals surface area (Å²) in [5.41, 5.74) is 0. The predicted octanol–water partition coefficient (Wildman–Crippen LogP) is 0.320. The number of amides is 1. The minimum absolute atomic E-state index is 0.275. The molecule has 1 amide bonds. The zero-order valence-corrected chi connectivity index (χ0v) is 8.42. The molecule has 74 valence electrons. The molecule has 0 aliphatic carbocycles. The fraction of sp³-hybridized carbons (Fsp3) is 0.900. The van der Waals surface area contributed by atoms with E-state index in [1.807, 2.05) is 4.90 Å². The molecule has 0 spiro atoms. The van der Waals surface area contributed by atoms with E-state index < -0.39 is 0 Å². The third kappa shape index (κ3) is 1.57. The zero-order chi connectivity index (χ0) is 9.42. The normalized spacial score (nSPS) is 34.8. The third-order valence-electron chi connectivity index (χ3n) is 3.43. The maximum atomic E-state index is 11.8. The van der Waals surface area contributed by atoms with Crippen LogP contribution in [0.15, 0.2) is 0 Å². The molecule has 2 fully saturated rings. The van der Waals surface area contributed by atoms with Gasteiger partial charge in [-0.1, -0.05) is 13.8 Å². The summed E-state index contributed by atoms with van der Waals surface area (Å²) in [7, 11) is 0. The first kappa shape index (κ1) is 9.00. The van der Waals surface area contributed by atoms with Gasteiger partial charge in [-0.15, -0.1) is 0 Å². The molecule has 0 aromatic carbocycles. The molecule has 13 heavy (non-hydrogen) atoms. The highest BCUT2D eigenvalue weighted by atomic mass is 16.2. The molecule has 1 N–H and O–H groups in total. The number of rotatable bonds is 1. The van der Waals surface area contributed by atoms with Gasteiger partial charge in [0.05, 0.1) is 5.92 Å². The van der Waals surface area contributed by atoms with E-state index in [4.69, 9.17) is 0 Å². The molecular formula is C10H18N2O. The Bertz CT molecular complexity index is 203. The van der Waals surface area contributed by atoms with Crippen LogP contribution in [0.25, 0.3) is 0 Å². The van der Waals surface area contributed by atoms with Crippen molar-refractivity contribution in [3.05, 3.63) is 0 Å². The molecule has 2 aliphatic rings. The minimum atomic E-state index is 0.275. The number of hydrogen-bond acceptors (Lipinski definition) is 2. The average molecular weight is 182 g/mol. The fourth-order valence-corrected chi connectivity index (χ4v) is 2.03. The molecule has 3 heteroatoms. The molecule has 0 aromatic heterocycles. The van der Waals surface area contributed by atoms with Gasteiger partial charge >= 0.3 is 0 Å². The van der Waals surface area contributed by atoms with Crippen molar-refractivity contribution >= 4 is 5.91 Å². The van der Waals surface area contributed by atoms with Crippen molar-refractivity contribution in [3.63, 3.8) is 0 Å². The Kier molecular flexibility index (Phi) is 2.28. The molecule has 2 atom stereocenters. The van der Waals surface area contributed by atoms with Crippen molar-refractivity contribution in [1.29, 1.82) is 0 Å². The highest BCUT2D eigenvalue weighted by molar-refractivity contribution is 5.80. The summed E-state index contributed by atoms with van der Waals surface area (Å²) in [6.07, 6.45) is 0. The molecule has 0 bridgehead atoms. The SMILES string of the molecule is CC1CN(C(=O)C2CNC2)CC1C. The maximum Gasteiger partial charge on any atom is 0.228 e. The number of nitrogens with zero attached hydrogens (tertiary/aromatic N) is 1. The Morgan fingerprint density at radius 3 is 2.15 bits per heavy atom. The molecule has 0 radical (unpaired) electrons. The lowest BCUT2D eigenvalue weighted by Crippen LogP contribution is -2.51. The van der Waals surface area contributed by atoms with Crippen LogP contribution in [0, 0.1) is 17.8 Å². The predicted molar refractivity (Wildman–Crippen MR) is 51.3 cm³/mol. The topological polar surface area (TPSA) is 32.3 Å². The summed E-state index contributed by atoms with van der Waals surface area (Å²) in [5.74, 6) is 2.00. The summed E-state index contributed by atoms with van der Waals surface area (Å²) >= 11 is 0. The Hall–Kier alpha value is -0.570. The van der Waals surface area contributed by atoms with Crippen LogP contribution >= 0.6 is 0 Å². The second kappa shape index (κ2) is 3.29. The van der Waals surface area contributed by atoms with Gasteiger partial charge in [0.25, 0.3) is 0 Å². The van der Waals surface area contributed by atoms with Crippen molar-refractivity contribution in [1.82, 2.24) is 10.2 Å². The van der Waals surface area contributed by atoms with E-state index in [-0.39, 0.29) is 5.92 Å². The van der Waals surface area contributed by atoms with Crippen LogP contribution in [-0.4, -0.2) is 37.0 Å². The average Bonchev–Trinajstić information content (AvgIpc) is 2.28. The monoisotopic (exact) mass is 182 g/mol. The van der Waals surface area contributed by atoms with Gasteiger partial charge in [0.1, 0.15) is 0 Å². The molecule has 2 heterocycles. The Balaban J connectivity index is 1.91. The van der Waals surface area contributed by atoms with E-state index in [2.05, 4.69) is 19.2 Å². The maximum absolute atomic E-state index is 11.8. The van der Waals surface area contributed by atoms with Gasteiger partial charge in [0, 0.05) is 26.2 Å². The first-order valence-electron chi connectivity index (χ1n) is 5.18. The van der Waals surface area contributed by atoms with Gasteiger partial charge in [-0.25, -0.2) is 0 Å². The van der Waals surface area contributed by atoms with E-state index >= 15 is 0 Å². The quantitative estimate of drug-likeness (QED) is 0.633. The zero-order valence-electron chi connectivity index (χ0n) is 8.42. The fourth-order valence-electron chi connectivity index (χ4n) is 2.03. The Labute approximate surface area is 79.5 Å². The van der Waals surface area contributed by atoms with Crippen LogP contribution in [0.1, 0.15) is 13.8 Å². The van der Waals surface area contributed by atoms with Crippen molar-refractivity contribution in [2.45, 2.75) is 13.8 Å². The van der Waals surface area contributed by atoms with Gasteiger partial charge in [0.15, 0.2) is 0 Å². The van der Waals surface area contributed by atoms with E-state index in [9.17, 15) is 4.79 Å². The summed E-state index contributed by atoms with van der Waals surface area (Å²) in [5, 5.41) is 3.14. The second-order valence-electron chi connectivity index (χ2n) is 4.55. The van der Waals surface area contributed by atoms with Gasteiger partial charge in [-0.3, -0.25) is 4.79 Å². The van der Waals surface area contributed by atoms with Crippen LogP contribution < -0.4 is 5.32 Å². The lowest BCUT2D eigenvalue weighted by atomic mass is 10.0. The van der Waals surface area contributed by atoms with Crippen molar-refractivity contribution in [2.24, 2.45) is 17.8 Å². The van der Waals surface area contributed by atoms with Gasteiger partial charge in [-0.2, -0.15) is 0 Å². The molecule has 0 saturated carbocycles. The van der Waals surface area contributed by atoms with Crippen molar-refractivity contribution in [2.75, 3.05) is 26.2 Å². The highest BCUT2D eigenvalue weighted by Gasteiger charge is 2.35. The van der Waals surface area contributed by atoms with Crippen molar-refractivity contribution < 1.29 is 4.79 Å². The van der Waals surface area contributed by atoms with E-state index in [1.54, 1.807) is 0 Å². The van der Waals surface area contributed by atoms with Gasteiger partial charge in [0.2, 0.25) is 5.91 Å². The first-order valence-corrected chi connectivity index (χ1v) is 5.18. The Morgan fingerprint density at radius 1 is 1.23 bits per heavy atom. The molecule has 3 nitrogen and oxygen atoms in total. The first-order chi connectivity index (χ1) is 6.18. The van der Waals surface area contributed by atoms with Crippen LogP contribution in [-0.2, 0) is 4.79 Å². The number of carbonyl (C=O) groups excluding carboxylic acids is 1. The number of likely N-dealkylation sites (tertiary alicyclic amines) is 1. The van der Waals surface area contributed by atoms with Gasteiger partial charge < -0.3 is 10.2 Å². The Morgan fingerprint density at radius 2 is 1.77 bits per heavy atom. The van der Waals surface area contributed by atoms with Crippen LogP contribution in [0.4, 0.5) is 0 Å². The standard InChI is InChI=1S/C10H18N2O/c1-7-5-12(6-8(7)2)10(13)9-3-11-4-9/h7-9,11H,3-6H2,1-2H3. The third-order valence-corrected chi connectivity index (χ3v) is 3.43. The highest BCUT2D eigenvalue weighted by Crippen LogP contribution is 2.24. The number of hydrogen-bond donors (Lipinski definition) is 1. The lowest BCUT2D eigenvalue weighted by molar-refractivity contribution is -0.136. The molecular weight excluding hydrogens is 164 g/mol. The van der Waals surface area contributed by atoms with E-state index in [0.717, 1.165) is 26.2 Å². The van der Waals surface area contributed by atoms with Crippen molar-refractivity contribution in [3.8, 4) is 0 Å². The largest absolute Gasteiger partial charge is 0.342 e. The lowest BCUT2D eigenvalue weighted by Gasteiger charge is -2.30. The second-order valence-corrected chi connectivity index (χ2v) is 4.55. The van der Waals surface area contributed by atoms with E-state index in [0.29, 0.717) is 17.7 Å². The molecule has 2 unspecified atom stereocenters. The summed E-state index contributed by atoms with van der Waals surface area (Å²) in [4.78, 5) is 13.8. The molecule has 2 aliphatic heterocycles. The van der Waals surface area contributed by atoms with Crippen LogP contribution in [0.3, 0.4) is 0 Å². The van der Waals surface area contributed by atoms with E-state index in [1.165, 1.54) is 0 Å². The van der Waals surface area contributed by atoms with Crippen LogP contribution in [0.5, 0.6) is 0 Å². The summed E-state index contributed by atoms with van der Waals surface area (Å²) < 4.78 is 0.